The second kappa shape index (κ2) is 7.80. The van der Waals surface area contributed by atoms with E-state index >= 15 is 0 Å². The van der Waals surface area contributed by atoms with Gasteiger partial charge in [-0.1, -0.05) is 63.4 Å². The van der Waals surface area contributed by atoms with Gasteiger partial charge in [0.05, 0.1) is 0 Å². The summed E-state index contributed by atoms with van der Waals surface area (Å²) in [4.78, 5) is 2.65. The summed E-state index contributed by atoms with van der Waals surface area (Å²) in [6.07, 6.45) is 6.81. The molecule has 0 bridgehead atoms. The maximum Gasteiger partial charge on any atom is 0.0455 e. The Morgan fingerprint density at radius 2 is 1.45 bits per heavy atom. The third-order valence-electron chi connectivity index (χ3n) is 4.55. The summed E-state index contributed by atoms with van der Waals surface area (Å²) < 4.78 is 0. The Morgan fingerprint density at radius 1 is 0.900 bits per heavy atom. The summed E-state index contributed by atoms with van der Waals surface area (Å²) in [5, 5.41) is 0. The molecule has 1 aromatic rings. The maximum absolute atomic E-state index is 6.62. The van der Waals surface area contributed by atoms with E-state index in [2.05, 4.69) is 49.1 Å². The van der Waals surface area contributed by atoms with E-state index in [1.54, 1.807) is 0 Å². The quantitative estimate of drug-likeness (QED) is 0.900. The predicted molar refractivity (Wildman–Crippen MR) is 86.7 cm³/mol. The molecule has 1 aliphatic rings. The molecule has 2 N–H and O–H groups in total. The van der Waals surface area contributed by atoms with Gasteiger partial charge in [0, 0.05) is 12.1 Å². The first-order chi connectivity index (χ1) is 9.70. The Balaban J connectivity index is 2.12. The van der Waals surface area contributed by atoms with Gasteiger partial charge in [-0.3, -0.25) is 4.90 Å². The van der Waals surface area contributed by atoms with Crippen molar-refractivity contribution in [3.8, 4) is 0 Å². The summed E-state index contributed by atoms with van der Waals surface area (Å²) in [5.41, 5.74) is 7.89. The van der Waals surface area contributed by atoms with Crippen LogP contribution in [0.4, 0.5) is 0 Å². The lowest BCUT2D eigenvalue weighted by atomic mass is 9.89. The number of rotatable bonds is 4. The number of likely N-dealkylation sites (tertiary alicyclic amines) is 1. The molecule has 0 amide bonds. The lowest BCUT2D eigenvalue weighted by molar-refractivity contribution is 0.119. The van der Waals surface area contributed by atoms with Crippen molar-refractivity contribution in [3.05, 3.63) is 35.9 Å². The van der Waals surface area contributed by atoms with Crippen LogP contribution < -0.4 is 5.73 Å². The number of hydrogen-bond acceptors (Lipinski definition) is 2. The second-order valence-corrected chi connectivity index (χ2v) is 6.47. The molecule has 1 aliphatic heterocycles. The predicted octanol–water partition coefficient (Wildman–Crippen LogP) is 3.98. The normalized spacial score (nSPS) is 21.2. The van der Waals surface area contributed by atoms with Crippen molar-refractivity contribution in [2.75, 3.05) is 13.1 Å². The maximum atomic E-state index is 6.62. The standard InChI is InChI=1S/C18H30N2/c1-15(2)18(17(19)16-11-7-6-8-12-16)20-13-9-4-3-5-10-14-20/h6-8,11-12,15,17-18H,3-5,9-10,13-14,19H2,1-2H3. The highest BCUT2D eigenvalue weighted by atomic mass is 15.2. The van der Waals surface area contributed by atoms with Gasteiger partial charge in [-0.15, -0.1) is 0 Å². The van der Waals surface area contributed by atoms with Crippen LogP contribution in [0.1, 0.15) is 57.6 Å². The highest BCUT2D eigenvalue weighted by molar-refractivity contribution is 5.20. The van der Waals surface area contributed by atoms with E-state index in [1.807, 2.05) is 0 Å². The lowest BCUT2D eigenvalue weighted by Crippen LogP contribution is -2.47. The van der Waals surface area contributed by atoms with E-state index in [-0.39, 0.29) is 6.04 Å². The number of benzene rings is 1. The van der Waals surface area contributed by atoms with Gasteiger partial charge in [-0.25, -0.2) is 0 Å². The van der Waals surface area contributed by atoms with E-state index in [9.17, 15) is 0 Å². The van der Waals surface area contributed by atoms with Gasteiger partial charge < -0.3 is 5.73 Å². The zero-order valence-corrected chi connectivity index (χ0v) is 13.1. The second-order valence-electron chi connectivity index (χ2n) is 6.47. The molecular weight excluding hydrogens is 244 g/mol. The van der Waals surface area contributed by atoms with E-state index in [0.717, 1.165) is 0 Å². The summed E-state index contributed by atoms with van der Waals surface area (Å²) in [6.45, 7) is 7.05. The first-order valence-corrected chi connectivity index (χ1v) is 8.24. The Morgan fingerprint density at radius 3 is 2.00 bits per heavy atom. The van der Waals surface area contributed by atoms with Gasteiger partial charge in [0.2, 0.25) is 0 Å². The summed E-state index contributed by atoms with van der Waals surface area (Å²) >= 11 is 0. The fourth-order valence-corrected chi connectivity index (χ4v) is 3.51. The van der Waals surface area contributed by atoms with Crippen LogP contribution in [0.5, 0.6) is 0 Å². The largest absolute Gasteiger partial charge is 0.323 e. The molecule has 1 heterocycles. The van der Waals surface area contributed by atoms with Gasteiger partial charge >= 0.3 is 0 Å². The Hall–Kier alpha value is -0.860. The molecule has 2 heteroatoms. The average Bonchev–Trinajstić information content (AvgIpc) is 2.41. The molecular formula is C18H30N2. The highest BCUT2D eigenvalue weighted by Gasteiger charge is 2.28. The smallest absolute Gasteiger partial charge is 0.0455 e. The fraction of sp³-hybridized carbons (Fsp3) is 0.667. The van der Waals surface area contributed by atoms with Crippen molar-refractivity contribution < 1.29 is 0 Å². The molecule has 0 radical (unpaired) electrons. The molecule has 20 heavy (non-hydrogen) atoms. The summed E-state index contributed by atoms with van der Waals surface area (Å²) in [5.74, 6) is 0.588. The van der Waals surface area contributed by atoms with E-state index < -0.39 is 0 Å². The van der Waals surface area contributed by atoms with Gasteiger partial charge in [0.15, 0.2) is 0 Å². The first-order valence-electron chi connectivity index (χ1n) is 8.24. The van der Waals surface area contributed by atoms with Crippen molar-refractivity contribution in [1.29, 1.82) is 0 Å². The molecule has 0 saturated carbocycles. The molecule has 0 spiro atoms. The van der Waals surface area contributed by atoms with Crippen molar-refractivity contribution >= 4 is 0 Å². The van der Waals surface area contributed by atoms with E-state index in [4.69, 9.17) is 5.73 Å². The Kier molecular flexibility index (Phi) is 6.06. The number of nitrogens with zero attached hydrogens (tertiary/aromatic N) is 1. The van der Waals surface area contributed by atoms with Crippen molar-refractivity contribution in [3.63, 3.8) is 0 Å². The average molecular weight is 274 g/mol. The van der Waals surface area contributed by atoms with Crippen LogP contribution in [-0.4, -0.2) is 24.0 Å². The third-order valence-corrected chi connectivity index (χ3v) is 4.55. The van der Waals surface area contributed by atoms with Crippen LogP contribution in [-0.2, 0) is 0 Å². The van der Waals surface area contributed by atoms with Crippen molar-refractivity contribution in [2.24, 2.45) is 11.7 Å². The molecule has 1 saturated heterocycles. The van der Waals surface area contributed by atoms with Gasteiger partial charge in [0.25, 0.3) is 0 Å². The topological polar surface area (TPSA) is 29.3 Å². The molecule has 0 aliphatic carbocycles. The summed E-state index contributed by atoms with van der Waals surface area (Å²) in [7, 11) is 0. The van der Waals surface area contributed by atoms with Crippen molar-refractivity contribution in [1.82, 2.24) is 4.90 Å². The van der Waals surface area contributed by atoms with Crippen molar-refractivity contribution in [2.45, 2.75) is 58.0 Å². The first kappa shape index (κ1) is 15.5. The fourth-order valence-electron chi connectivity index (χ4n) is 3.51. The number of nitrogens with two attached hydrogens (primary N) is 1. The molecule has 2 rings (SSSR count). The van der Waals surface area contributed by atoms with Crippen LogP contribution in [0.15, 0.2) is 30.3 Å². The Labute approximate surface area is 124 Å². The van der Waals surface area contributed by atoms with Gasteiger partial charge in [0.1, 0.15) is 0 Å². The molecule has 112 valence electrons. The lowest BCUT2D eigenvalue weighted by Gasteiger charge is -2.39. The minimum atomic E-state index is 0.121. The van der Waals surface area contributed by atoms with E-state index in [0.29, 0.717) is 12.0 Å². The minimum absolute atomic E-state index is 0.121. The van der Waals surface area contributed by atoms with Crippen LogP contribution in [0.25, 0.3) is 0 Å². The van der Waals surface area contributed by atoms with E-state index in [1.165, 1.54) is 50.8 Å². The molecule has 2 nitrogen and oxygen atoms in total. The minimum Gasteiger partial charge on any atom is -0.323 e. The van der Waals surface area contributed by atoms with Gasteiger partial charge in [-0.05, 0) is 37.4 Å². The molecule has 0 aromatic heterocycles. The SMILES string of the molecule is CC(C)C(C(N)c1ccccc1)N1CCCCCCC1. The van der Waals surface area contributed by atoms with Crippen LogP contribution in [0, 0.1) is 5.92 Å². The molecule has 2 atom stereocenters. The molecule has 1 fully saturated rings. The monoisotopic (exact) mass is 274 g/mol. The third kappa shape index (κ3) is 4.07. The molecule has 1 aromatic carbocycles. The zero-order valence-electron chi connectivity index (χ0n) is 13.1. The molecule has 2 unspecified atom stereocenters. The summed E-state index contributed by atoms with van der Waals surface area (Å²) in [6, 6.07) is 11.2. The van der Waals surface area contributed by atoms with Crippen LogP contribution in [0.3, 0.4) is 0 Å². The Bertz CT molecular complexity index is 366. The van der Waals surface area contributed by atoms with Gasteiger partial charge in [-0.2, -0.15) is 0 Å². The number of hydrogen-bond donors (Lipinski definition) is 1. The van der Waals surface area contributed by atoms with Crippen LogP contribution in [0.2, 0.25) is 0 Å². The highest BCUT2D eigenvalue weighted by Crippen LogP contribution is 2.26. The zero-order chi connectivity index (χ0) is 14.4. The van der Waals surface area contributed by atoms with Crippen LogP contribution >= 0.6 is 0 Å².